The van der Waals surface area contributed by atoms with E-state index in [4.69, 9.17) is 0 Å². The average molecular weight is 325 g/mol. The van der Waals surface area contributed by atoms with Crippen LogP contribution in [0.15, 0.2) is 16.2 Å². The van der Waals surface area contributed by atoms with Crippen LogP contribution >= 0.6 is 27.3 Å². The van der Waals surface area contributed by atoms with Gasteiger partial charge in [0.15, 0.2) is 0 Å². The average Bonchev–Trinajstić information content (AvgIpc) is 3.11. The van der Waals surface area contributed by atoms with E-state index < -0.39 is 0 Å². The van der Waals surface area contributed by atoms with E-state index in [9.17, 15) is 0 Å². The van der Waals surface area contributed by atoms with E-state index in [0.717, 1.165) is 28.5 Å². The second-order valence-corrected chi connectivity index (χ2v) is 6.17. The largest absolute Gasteiger partial charge is 0.365 e. The van der Waals surface area contributed by atoms with E-state index in [2.05, 4.69) is 36.2 Å². The Morgan fingerprint density at radius 3 is 2.94 bits per heavy atom. The quantitative estimate of drug-likeness (QED) is 0.874. The highest BCUT2D eigenvalue weighted by atomic mass is 79.9. The lowest BCUT2D eigenvalue weighted by atomic mass is 10.3. The lowest BCUT2D eigenvalue weighted by molar-refractivity contribution is 0.910. The molecule has 1 aliphatic carbocycles. The number of hydrogen-bond acceptors (Lipinski definition) is 5. The predicted octanol–water partition coefficient (Wildman–Crippen LogP) is 3.49. The molecule has 0 aromatic carbocycles. The molecular weight excluding hydrogens is 312 g/mol. The standard InChI is InChI=1S/C12H13BrN4S/c1-7-9(18-6-15-7)5-14-11-4-10(13)16-12(17-11)8-2-3-8/h4,6,8H,2-3,5H2,1H3,(H,14,16,17). The van der Waals surface area contributed by atoms with E-state index in [1.165, 1.54) is 17.7 Å². The molecular formula is C12H13BrN4S. The normalized spacial score (nSPS) is 14.8. The van der Waals surface area contributed by atoms with Crippen LogP contribution in [-0.4, -0.2) is 15.0 Å². The Hall–Kier alpha value is -1.01. The fourth-order valence-corrected chi connectivity index (χ4v) is 2.83. The molecule has 2 heterocycles. The molecule has 0 aliphatic heterocycles. The highest BCUT2D eigenvalue weighted by Crippen LogP contribution is 2.38. The van der Waals surface area contributed by atoms with Gasteiger partial charge in [-0.2, -0.15) is 0 Å². The molecule has 0 bridgehead atoms. The Morgan fingerprint density at radius 1 is 1.44 bits per heavy atom. The minimum atomic E-state index is 0.563. The molecule has 1 N–H and O–H groups in total. The van der Waals surface area contributed by atoms with Crippen LogP contribution < -0.4 is 5.32 Å². The number of halogens is 1. The summed E-state index contributed by atoms with van der Waals surface area (Å²) < 4.78 is 0.850. The minimum absolute atomic E-state index is 0.563. The van der Waals surface area contributed by atoms with Crippen LogP contribution in [0.4, 0.5) is 5.82 Å². The summed E-state index contributed by atoms with van der Waals surface area (Å²) in [7, 11) is 0. The maximum Gasteiger partial charge on any atom is 0.135 e. The number of aryl methyl sites for hydroxylation is 1. The first-order valence-corrected chi connectivity index (χ1v) is 7.57. The number of nitrogens with one attached hydrogen (secondary N) is 1. The Labute approximate surface area is 118 Å². The van der Waals surface area contributed by atoms with Crippen molar-refractivity contribution in [1.29, 1.82) is 0 Å². The van der Waals surface area contributed by atoms with Crippen molar-refractivity contribution in [2.24, 2.45) is 0 Å². The smallest absolute Gasteiger partial charge is 0.135 e. The maximum absolute atomic E-state index is 4.56. The van der Waals surface area contributed by atoms with Crippen LogP contribution in [0.5, 0.6) is 0 Å². The zero-order valence-corrected chi connectivity index (χ0v) is 12.4. The third kappa shape index (κ3) is 2.70. The van der Waals surface area contributed by atoms with Gasteiger partial charge in [0.05, 0.1) is 17.7 Å². The molecule has 0 atom stereocenters. The van der Waals surface area contributed by atoms with Crippen molar-refractivity contribution in [3.05, 3.63) is 32.6 Å². The summed E-state index contributed by atoms with van der Waals surface area (Å²) in [5, 5.41) is 3.34. The molecule has 4 nitrogen and oxygen atoms in total. The lowest BCUT2D eigenvalue weighted by Crippen LogP contribution is -2.04. The zero-order chi connectivity index (χ0) is 12.5. The molecule has 6 heteroatoms. The molecule has 1 fully saturated rings. The van der Waals surface area contributed by atoms with E-state index in [1.807, 2.05) is 18.5 Å². The van der Waals surface area contributed by atoms with Gasteiger partial charge in [0.2, 0.25) is 0 Å². The molecule has 1 aliphatic rings. The van der Waals surface area contributed by atoms with Crippen molar-refractivity contribution in [3.8, 4) is 0 Å². The number of hydrogen-bond donors (Lipinski definition) is 1. The van der Waals surface area contributed by atoms with E-state index >= 15 is 0 Å². The first kappa shape index (κ1) is 12.0. The second-order valence-electron chi connectivity index (χ2n) is 4.42. The molecule has 0 amide bonds. The van der Waals surface area contributed by atoms with E-state index in [-0.39, 0.29) is 0 Å². The number of nitrogens with zero attached hydrogens (tertiary/aromatic N) is 3. The first-order valence-electron chi connectivity index (χ1n) is 5.89. The van der Waals surface area contributed by atoms with Gasteiger partial charge in [0.1, 0.15) is 16.2 Å². The highest BCUT2D eigenvalue weighted by Gasteiger charge is 2.27. The van der Waals surface area contributed by atoms with Crippen LogP contribution in [0.3, 0.4) is 0 Å². The fraction of sp³-hybridized carbons (Fsp3) is 0.417. The Kier molecular flexibility index (Phi) is 3.30. The van der Waals surface area contributed by atoms with Crippen LogP contribution in [0.1, 0.15) is 35.2 Å². The van der Waals surface area contributed by atoms with Gasteiger partial charge in [-0.3, -0.25) is 0 Å². The molecule has 0 spiro atoms. The fourth-order valence-electron chi connectivity index (χ4n) is 1.72. The van der Waals surface area contributed by atoms with Gasteiger partial charge in [0.25, 0.3) is 0 Å². The zero-order valence-electron chi connectivity index (χ0n) is 9.98. The molecule has 0 unspecified atom stereocenters. The molecule has 3 rings (SSSR count). The number of rotatable bonds is 4. The Balaban J connectivity index is 1.74. The molecule has 2 aromatic rings. The second kappa shape index (κ2) is 4.93. The van der Waals surface area contributed by atoms with Crippen LogP contribution in [-0.2, 0) is 6.54 Å². The van der Waals surface area contributed by atoms with E-state index in [1.54, 1.807) is 11.3 Å². The topological polar surface area (TPSA) is 50.7 Å². The summed E-state index contributed by atoms with van der Waals surface area (Å²) in [5.41, 5.74) is 2.96. The minimum Gasteiger partial charge on any atom is -0.365 e. The van der Waals surface area contributed by atoms with Crippen molar-refractivity contribution in [2.75, 3.05) is 5.32 Å². The summed E-state index contributed by atoms with van der Waals surface area (Å²) in [6.07, 6.45) is 2.42. The molecule has 1 saturated carbocycles. The van der Waals surface area contributed by atoms with Gasteiger partial charge in [-0.25, -0.2) is 15.0 Å². The first-order chi connectivity index (χ1) is 8.72. The summed E-state index contributed by atoms with van der Waals surface area (Å²) in [6, 6.07) is 1.92. The number of anilines is 1. The van der Waals surface area contributed by atoms with Crippen LogP contribution in [0.2, 0.25) is 0 Å². The van der Waals surface area contributed by atoms with Gasteiger partial charge in [-0.15, -0.1) is 11.3 Å². The van der Waals surface area contributed by atoms with Crippen molar-refractivity contribution in [3.63, 3.8) is 0 Å². The Bertz CT molecular complexity index is 565. The van der Waals surface area contributed by atoms with Gasteiger partial charge in [-0.05, 0) is 35.7 Å². The third-order valence-electron chi connectivity index (χ3n) is 2.93. The molecule has 0 radical (unpaired) electrons. The molecule has 94 valence electrons. The Morgan fingerprint density at radius 2 is 2.28 bits per heavy atom. The van der Waals surface area contributed by atoms with Gasteiger partial charge >= 0.3 is 0 Å². The summed E-state index contributed by atoms with van der Waals surface area (Å²) in [6.45, 7) is 2.79. The lowest BCUT2D eigenvalue weighted by Gasteiger charge is -2.07. The van der Waals surface area contributed by atoms with Crippen molar-refractivity contribution in [2.45, 2.75) is 32.2 Å². The molecule has 0 saturated heterocycles. The maximum atomic E-state index is 4.56. The van der Waals surface area contributed by atoms with E-state index in [0.29, 0.717) is 5.92 Å². The third-order valence-corrected chi connectivity index (χ3v) is 4.27. The van der Waals surface area contributed by atoms with Crippen molar-refractivity contribution >= 4 is 33.1 Å². The van der Waals surface area contributed by atoms with Crippen LogP contribution in [0.25, 0.3) is 0 Å². The van der Waals surface area contributed by atoms with Crippen molar-refractivity contribution in [1.82, 2.24) is 15.0 Å². The summed E-state index contributed by atoms with van der Waals surface area (Å²) >= 11 is 5.11. The van der Waals surface area contributed by atoms with Crippen molar-refractivity contribution < 1.29 is 0 Å². The molecule has 2 aromatic heterocycles. The summed E-state index contributed by atoms with van der Waals surface area (Å²) in [4.78, 5) is 14.5. The highest BCUT2D eigenvalue weighted by molar-refractivity contribution is 9.10. The predicted molar refractivity (Wildman–Crippen MR) is 75.9 cm³/mol. The summed E-state index contributed by atoms with van der Waals surface area (Å²) in [5.74, 6) is 2.40. The monoisotopic (exact) mass is 324 g/mol. The number of aromatic nitrogens is 3. The van der Waals surface area contributed by atoms with Gasteiger partial charge in [0, 0.05) is 16.9 Å². The molecule has 18 heavy (non-hydrogen) atoms. The number of thiazole rings is 1. The SMILES string of the molecule is Cc1ncsc1CNc1cc(Br)nc(C2CC2)n1. The van der Waals surface area contributed by atoms with Gasteiger partial charge in [-0.1, -0.05) is 0 Å². The van der Waals surface area contributed by atoms with Crippen LogP contribution in [0, 0.1) is 6.92 Å². The van der Waals surface area contributed by atoms with Gasteiger partial charge < -0.3 is 5.32 Å².